The third-order valence-electron chi connectivity index (χ3n) is 6.13. The van der Waals surface area contributed by atoms with Crippen LogP contribution in [0.5, 0.6) is 0 Å². The van der Waals surface area contributed by atoms with Gasteiger partial charge in [-0.25, -0.2) is 4.98 Å². The van der Waals surface area contributed by atoms with Gasteiger partial charge in [-0.2, -0.15) is 13.2 Å². The van der Waals surface area contributed by atoms with E-state index >= 15 is 0 Å². The molecule has 3 aromatic rings. The van der Waals surface area contributed by atoms with Gasteiger partial charge in [0, 0.05) is 48.3 Å². The number of hydrogen-bond donors (Lipinski definition) is 3. The standard InChI is InChI=1S/C25H27ClF3N5S/c1-34(2)22-14-23(32-20-6-4-3-5-18(20)22)30-16-8-10-17(11-9-16)31-24(35)33-21-12-7-15(26)13-19(21)25(27,28)29/h3-7,12-14,16-17H,8-11H2,1-2H3,(H,30,32)(H2,31,33,35). The highest BCUT2D eigenvalue weighted by molar-refractivity contribution is 7.80. The summed E-state index contributed by atoms with van der Waals surface area (Å²) in [4.78, 5) is 6.85. The molecule has 0 saturated heterocycles. The molecular weight excluding hydrogens is 495 g/mol. The smallest absolute Gasteiger partial charge is 0.377 e. The first-order valence-corrected chi connectivity index (χ1v) is 12.2. The van der Waals surface area contributed by atoms with Crippen LogP contribution in [0.3, 0.4) is 0 Å². The Balaban J connectivity index is 1.34. The van der Waals surface area contributed by atoms with Gasteiger partial charge in [-0.1, -0.05) is 29.8 Å². The molecule has 3 N–H and O–H groups in total. The van der Waals surface area contributed by atoms with E-state index in [1.165, 1.54) is 12.1 Å². The first-order valence-electron chi connectivity index (χ1n) is 11.4. The second-order valence-corrected chi connectivity index (χ2v) is 9.76. The lowest BCUT2D eigenvalue weighted by Gasteiger charge is -2.31. The van der Waals surface area contributed by atoms with Crippen molar-refractivity contribution in [3.05, 3.63) is 59.1 Å². The number of benzene rings is 2. The second-order valence-electron chi connectivity index (χ2n) is 8.92. The zero-order valence-corrected chi connectivity index (χ0v) is 21.0. The number of nitrogens with zero attached hydrogens (tertiary/aromatic N) is 2. The van der Waals surface area contributed by atoms with Crippen LogP contribution in [-0.4, -0.2) is 36.3 Å². The van der Waals surface area contributed by atoms with Crippen molar-refractivity contribution in [1.29, 1.82) is 0 Å². The molecule has 35 heavy (non-hydrogen) atoms. The van der Waals surface area contributed by atoms with Crippen LogP contribution < -0.4 is 20.9 Å². The van der Waals surface area contributed by atoms with E-state index < -0.39 is 11.7 Å². The van der Waals surface area contributed by atoms with Gasteiger partial charge in [-0.05, 0) is 62.2 Å². The first-order chi connectivity index (χ1) is 16.6. The monoisotopic (exact) mass is 521 g/mol. The zero-order chi connectivity index (χ0) is 25.2. The third kappa shape index (κ3) is 6.27. The lowest BCUT2D eigenvalue weighted by molar-refractivity contribution is -0.136. The Labute approximate surface area is 213 Å². The largest absolute Gasteiger partial charge is 0.418 e. The molecule has 5 nitrogen and oxygen atoms in total. The second kappa shape index (κ2) is 10.5. The van der Waals surface area contributed by atoms with Crippen molar-refractivity contribution in [1.82, 2.24) is 10.3 Å². The van der Waals surface area contributed by atoms with E-state index in [4.69, 9.17) is 28.8 Å². The summed E-state index contributed by atoms with van der Waals surface area (Å²) < 4.78 is 40.0. The third-order valence-corrected chi connectivity index (χ3v) is 6.58. The molecule has 1 aliphatic rings. The number of rotatable bonds is 5. The van der Waals surface area contributed by atoms with Crippen molar-refractivity contribution in [3.8, 4) is 0 Å². The SMILES string of the molecule is CN(C)c1cc(NC2CCC(NC(=S)Nc3ccc(Cl)cc3C(F)(F)F)CC2)nc2ccccc12. The van der Waals surface area contributed by atoms with E-state index in [1.54, 1.807) is 0 Å². The summed E-state index contributed by atoms with van der Waals surface area (Å²) in [5, 5.41) is 10.7. The van der Waals surface area contributed by atoms with Gasteiger partial charge in [0.15, 0.2) is 5.11 Å². The Morgan fingerprint density at radius 2 is 1.71 bits per heavy atom. The van der Waals surface area contributed by atoms with Gasteiger partial charge in [-0.3, -0.25) is 0 Å². The number of alkyl halides is 3. The number of nitrogens with one attached hydrogen (secondary N) is 3. The molecule has 0 unspecified atom stereocenters. The highest BCUT2D eigenvalue weighted by atomic mass is 35.5. The van der Waals surface area contributed by atoms with Crippen LogP contribution in [0.4, 0.5) is 30.4 Å². The maximum atomic E-state index is 13.3. The highest BCUT2D eigenvalue weighted by Gasteiger charge is 2.34. The molecule has 0 radical (unpaired) electrons. The number of aromatic nitrogens is 1. The number of para-hydroxylation sites is 1. The van der Waals surface area contributed by atoms with E-state index in [9.17, 15) is 13.2 Å². The topological polar surface area (TPSA) is 52.2 Å². The van der Waals surface area contributed by atoms with Crippen LogP contribution in [0, 0.1) is 0 Å². The van der Waals surface area contributed by atoms with E-state index in [0.717, 1.165) is 54.2 Å². The molecule has 0 atom stereocenters. The molecule has 1 aliphatic carbocycles. The number of fused-ring (bicyclic) bond motifs is 1. The molecule has 1 saturated carbocycles. The van der Waals surface area contributed by atoms with Gasteiger partial charge >= 0.3 is 6.18 Å². The van der Waals surface area contributed by atoms with Gasteiger partial charge in [0.2, 0.25) is 0 Å². The molecular formula is C25H27ClF3N5S. The van der Waals surface area contributed by atoms with Crippen molar-refractivity contribution in [3.63, 3.8) is 0 Å². The number of anilines is 3. The van der Waals surface area contributed by atoms with E-state index in [-0.39, 0.29) is 27.9 Å². The minimum atomic E-state index is -4.53. The first kappa shape index (κ1) is 25.3. The van der Waals surface area contributed by atoms with Crippen LogP contribution in [-0.2, 0) is 6.18 Å². The summed E-state index contributed by atoms with van der Waals surface area (Å²) in [6.45, 7) is 0. The van der Waals surface area contributed by atoms with Crippen LogP contribution >= 0.6 is 23.8 Å². The Bertz CT molecular complexity index is 1210. The fourth-order valence-corrected chi connectivity index (χ4v) is 4.84. The Hall–Kier alpha value is -2.78. The van der Waals surface area contributed by atoms with Crippen LogP contribution in [0.25, 0.3) is 10.9 Å². The minimum Gasteiger partial charge on any atom is -0.377 e. The van der Waals surface area contributed by atoms with Crippen LogP contribution in [0.2, 0.25) is 5.02 Å². The predicted molar refractivity (Wildman–Crippen MR) is 142 cm³/mol. The summed E-state index contributed by atoms with van der Waals surface area (Å²) in [5.74, 6) is 0.836. The molecule has 4 rings (SSSR count). The molecule has 10 heteroatoms. The Morgan fingerprint density at radius 3 is 2.40 bits per heavy atom. The van der Waals surface area contributed by atoms with E-state index in [2.05, 4.69) is 33.0 Å². The van der Waals surface area contributed by atoms with Gasteiger partial charge in [0.1, 0.15) is 5.82 Å². The molecule has 2 aromatic carbocycles. The number of halogens is 4. The Morgan fingerprint density at radius 1 is 1.03 bits per heavy atom. The Kier molecular flexibility index (Phi) is 7.56. The van der Waals surface area contributed by atoms with Crippen LogP contribution in [0.15, 0.2) is 48.5 Å². The quantitative estimate of drug-likeness (QED) is 0.325. The summed E-state index contributed by atoms with van der Waals surface area (Å²) >= 11 is 11.0. The lowest BCUT2D eigenvalue weighted by atomic mass is 9.91. The number of pyridine rings is 1. The average Bonchev–Trinajstić information content (AvgIpc) is 2.80. The summed E-state index contributed by atoms with van der Waals surface area (Å²) in [5.41, 5.74) is 1.08. The molecule has 0 aliphatic heterocycles. The van der Waals surface area contributed by atoms with Gasteiger partial charge in [-0.15, -0.1) is 0 Å². The molecule has 186 valence electrons. The molecule has 1 fully saturated rings. The van der Waals surface area contributed by atoms with Gasteiger partial charge < -0.3 is 20.9 Å². The molecule has 1 aromatic heterocycles. The highest BCUT2D eigenvalue weighted by Crippen LogP contribution is 2.36. The number of hydrogen-bond acceptors (Lipinski definition) is 4. The van der Waals surface area contributed by atoms with Crippen molar-refractivity contribution in [2.24, 2.45) is 0 Å². The van der Waals surface area contributed by atoms with Crippen molar-refractivity contribution < 1.29 is 13.2 Å². The zero-order valence-electron chi connectivity index (χ0n) is 19.4. The normalized spacial score (nSPS) is 18.2. The maximum absolute atomic E-state index is 13.3. The average molecular weight is 522 g/mol. The molecule has 0 bridgehead atoms. The van der Waals surface area contributed by atoms with Crippen molar-refractivity contribution in [2.75, 3.05) is 29.6 Å². The molecule has 0 spiro atoms. The predicted octanol–water partition coefficient (Wildman–Crippen LogP) is 6.68. The molecule has 1 heterocycles. The van der Waals surface area contributed by atoms with E-state index in [0.29, 0.717) is 0 Å². The number of thiocarbonyl (C=S) groups is 1. The summed E-state index contributed by atoms with van der Waals surface area (Å²) in [7, 11) is 4.03. The summed E-state index contributed by atoms with van der Waals surface area (Å²) in [6, 6.07) is 14.1. The van der Waals surface area contributed by atoms with Gasteiger partial charge in [0.25, 0.3) is 0 Å². The van der Waals surface area contributed by atoms with Crippen molar-refractivity contribution in [2.45, 2.75) is 43.9 Å². The van der Waals surface area contributed by atoms with Crippen molar-refractivity contribution >= 4 is 57.0 Å². The maximum Gasteiger partial charge on any atom is 0.418 e. The minimum absolute atomic E-state index is 0.0196. The molecule has 0 amide bonds. The van der Waals surface area contributed by atoms with E-state index in [1.807, 2.05) is 32.3 Å². The summed E-state index contributed by atoms with van der Waals surface area (Å²) in [6.07, 6.45) is -1.09. The van der Waals surface area contributed by atoms with Gasteiger partial charge in [0.05, 0.1) is 16.8 Å². The fourth-order valence-electron chi connectivity index (χ4n) is 4.40. The van der Waals surface area contributed by atoms with Crippen LogP contribution in [0.1, 0.15) is 31.2 Å². The fraction of sp³-hybridized carbons (Fsp3) is 0.360. The lowest BCUT2D eigenvalue weighted by Crippen LogP contribution is -2.42.